The Kier molecular flexibility index (Phi) is 4.49. The first-order chi connectivity index (χ1) is 8.88. The highest BCUT2D eigenvalue weighted by atomic mass is 79.9. The highest BCUT2D eigenvalue weighted by molar-refractivity contribution is 9.11. The van der Waals surface area contributed by atoms with Crippen LogP contribution in [-0.2, 0) is 6.42 Å². The van der Waals surface area contributed by atoms with E-state index in [4.69, 9.17) is 0 Å². The van der Waals surface area contributed by atoms with E-state index in [0.29, 0.717) is 6.42 Å². The van der Waals surface area contributed by atoms with Gasteiger partial charge in [0.2, 0.25) is 0 Å². The van der Waals surface area contributed by atoms with E-state index in [1.165, 1.54) is 27.8 Å². The van der Waals surface area contributed by atoms with Crippen molar-refractivity contribution in [1.82, 2.24) is 0 Å². The van der Waals surface area contributed by atoms with Gasteiger partial charge in [-0.1, -0.05) is 17.7 Å². The average molecular weight is 339 g/mol. The van der Waals surface area contributed by atoms with E-state index in [0.717, 1.165) is 8.66 Å². The number of aryl methyl sites for hydroxylation is 4. The number of hydrogen-bond acceptors (Lipinski definition) is 2. The van der Waals surface area contributed by atoms with Crippen LogP contribution in [-0.4, -0.2) is 5.11 Å². The fourth-order valence-electron chi connectivity index (χ4n) is 2.47. The van der Waals surface area contributed by atoms with Crippen molar-refractivity contribution < 1.29 is 5.11 Å². The summed E-state index contributed by atoms with van der Waals surface area (Å²) in [5.74, 6) is 0. The average Bonchev–Trinajstić information content (AvgIpc) is 2.64. The predicted molar refractivity (Wildman–Crippen MR) is 86.1 cm³/mol. The molecule has 2 aromatic rings. The van der Waals surface area contributed by atoms with Crippen LogP contribution in [0, 0.1) is 27.7 Å². The molecule has 102 valence electrons. The van der Waals surface area contributed by atoms with E-state index in [2.05, 4.69) is 61.8 Å². The molecule has 0 aliphatic carbocycles. The van der Waals surface area contributed by atoms with Crippen LogP contribution in [0.2, 0.25) is 0 Å². The lowest BCUT2D eigenvalue weighted by molar-refractivity contribution is 0.182. The molecular formula is C16H19BrOS. The molecular weight excluding hydrogens is 320 g/mol. The minimum Gasteiger partial charge on any atom is -0.387 e. The van der Waals surface area contributed by atoms with Gasteiger partial charge in [0.25, 0.3) is 0 Å². The summed E-state index contributed by atoms with van der Waals surface area (Å²) in [6.07, 6.45) is 0.264. The van der Waals surface area contributed by atoms with Gasteiger partial charge in [-0.05, 0) is 71.9 Å². The number of rotatable bonds is 3. The third kappa shape index (κ3) is 3.28. The van der Waals surface area contributed by atoms with Crippen LogP contribution in [0.15, 0.2) is 22.0 Å². The number of benzene rings is 1. The molecule has 0 aliphatic rings. The zero-order valence-corrected chi connectivity index (χ0v) is 14.2. The molecule has 1 heterocycles. The maximum absolute atomic E-state index is 10.4. The Morgan fingerprint density at radius 2 is 1.63 bits per heavy atom. The van der Waals surface area contributed by atoms with Gasteiger partial charge in [-0.15, -0.1) is 11.3 Å². The zero-order chi connectivity index (χ0) is 14.2. The number of hydrogen-bond donors (Lipinski definition) is 1. The van der Waals surface area contributed by atoms with Gasteiger partial charge in [-0.2, -0.15) is 0 Å². The van der Waals surface area contributed by atoms with Gasteiger partial charge in [-0.25, -0.2) is 0 Å². The summed E-state index contributed by atoms with van der Waals surface area (Å²) < 4.78 is 1.11. The molecule has 0 bridgehead atoms. The van der Waals surface area contributed by atoms with E-state index >= 15 is 0 Å². The third-order valence-corrected chi connectivity index (χ3v) is 5.68. The summed E-state index contributed by atoms with van der Waals surface area (Å²) in [6, 6.07) is 6.44. The van der Waals surface area contributed by atoms with Crippen LogP contribution in [0.4, 0.5) is 0 Å². The monoisotopic (exact) mass is 338 g/mol. The van der Waals surface area contributed by atoms with Crippen LogP contribution in [0.1, 0.15) is 38.8 Å². The van der Waals surface area contributed by atoms with Gasteiger partial charge >= 0.3 is 0 Å². The third-order valence-electron chi connectivity index (χ3n) is 3.44. The predicted octanol–water partition coefficient (Wildman–Crippen LogP) is 5.02. The lowest BCUT2D eigenvalue weighted by Crippen LogP contribution is -2.04. The molecule has 0 aliphatic heterocycles. The summed E-state index contributed by atoms with van der Waals surface area (Å²) in [4.78, 5) is 1.03. The van der Waals surface area contributed by atoms with Crippen molar-refractivity contribution in [1.29, 1.82) is 0 Å². The van der Waals surface area contributed by atoms with Crippen LogP contribution < -0.4 is 0 Å². The highest BCUT2D eigenvalue weighted by Gasteiger charge is 2.15. The molecule has 1 aromatic heterocycles. The Hall–Kier alpha value is -0.640. The molecule has 0 saturated carbocycles. The van der Waals surface area contributed by atoms with Gasteiger partial charge in [0, 0.05) is 11.3 Å². The summed E-state index contributed by atoms with van der Waals surface area (Å²) in [6.45, 7) is 8.41. The Bertz CT molecular complexity index is 558. The summed E-state index contributed by atoms with van der Waals surface area (Å²) in [5, 5.41) is 10.4. The Morgan fingerprint density at radius 3 is 2.11 bits per heavy atom. The lowest BCUT2D eigenvalue weighted by atomic mass is 9.95. The summed E-state index contributed by atoms with van der Waals surface area (Å²) in [7, 11) is 0. The second-order valence-electron chi connectivity index (χ2n) is 5.20. The molecule has 3 heteroatoms. The van der Waals surface area contributed by atoms with E-state index < -0.39 is 6.10 Å². The highest BCUT2D eigenvalue weighted by Crippen LogP contribution is 2.33. The number of halogens is 1. The molecule has 1 N–H and O–H groups in total. The number of aliphatic hydroxyl groups excluding tert-OH is 1. The fraction of sp³-hybridized carbons (Fsp3) is 0.375. The van der Waals surface area contributed by atoms with Crippen LogP contribution in [0.3, 0.4) is 0 Å². The van der Waals surface area contributed by atoms with Crippen molar-refractivity contribution in [3.63, 3.8) is 0 Å². The van der Waals surface area contributed by atoms with Crippen molar-refractivity contribution in [2.75, 3.05) is 0 Å². The molecule has 0 spiro atoms. The minimum absolute atomic E-state index is 0.421. The topological polar surface area (TPSA) is 20.2 Å². The standard InChI is InChI=1S/C16H19BrOS/c1-9-5-10(2)13(11(3)6-9)8-14(18)15-7-12(4)16(17)19-15/h5-7,14,18H,8H2,1-4H3. The Labute approximate surface area is 127 Å². The smallest absolute Gasteiger partial charge is 0.0922 e. The zero-order valence-electron chi connectivity index (χ0n) is 11.7. The second kappa shape index (κ2) is 5.78. The Morgan fingerprint density at radius 1 is 1.05 bits per heavy atom. The normalized spacial score (nSPS) is 12.7. The number of thiophene rings is 1. The number of aliphatic hydroxyl groups is 1. The lowest BCUT2D eigenvalue weighted by Gasteiger charge is -2.14. The van der Waals surface area contributed by atoms with E-state index in [1.807, 2.05) is 0 Å². The van der Waals surface area contributed by atoms with Crippen LogP contribution in [0.25, 0.3) is 0 Å². The molecule has 2 rings (SSSR count). The molecule has 0 saturated heterocycles. The van der Waals surface area contributed by atoms with Crippen molar-refractivity contribution in [2.45, 2.75) is 40.2 Å². The van der Waals surface area contributed by atoms with Crippen molar-refractivity contribution >= 4 is 27.3 Å². The molecule has 0 fully saturated rings. The first-order valence-electron chi connectivity index (χ1n) is 6.39. The maximum Gasteiger partial charge on any atom is 0.0922 e. The van der Waals surface area contributed by atoms with Crippen LogP contribution >= 0.6 is 27.3 Å². The quantitative estimate of drug-likeness (QED) is 0.832. The fourth-order valence-corrected chi connectivity index (χ4v) is 4.03. The molecule has 1 aromatic carbocycles. The van der Waals surface area contributed by atoms with E-state index in [1.54, 1.807) is 11.3 Å². The first kappa shape index (κ1) is 14.8. The van der Waals surface area contributed by atoms with Gasteiger partial charge in [0.15, 0.2) is 0 Å². The second-order valence-corrected chi connectivity index (χ2v) is 7.60. The SMILES string of the molecule is Cc1cc(C)c(CC(O)c2cc(C)c(Br)s2)c(C)c1. The molecule has 0 radical (unpaired) electrons. The van der Waals surface area contributed by atoms with Crippen molar-refractivity contribution in [3.05, 3.63) is 54.7 Å². The molecule has 19 heavy (non-hydrogen) atoms. The van der Waals surface area contributed by atoms with Crippen molar-refractivity contribution in [3.8, 4) is 0 Å². The van der Waals surface area contributed by atoms with Crippen LogP contribution in [0.5, 0.6) is 0 Å². The summed E-state index contributed by atoms with van der Waals surface area (Å²) in [5.41, 5.74) is 6.27. The van der Waals surface area contributed by atoms with Gasteiger partial charge < -0.3 is 5.11 Å². The Balaban J connectivity index is 2.26. The van der Waals surface area contributed by atoms with Crippen molar-refractivity contribution in [2.24, 2.45) is 0 Å². The maximum atomic E-state index is 10.4. The summed E-state index contributed by atoms with van der Waals surface area (Å²) >= 11 is 5.14. The first-order valence-corrected chi connectivity index (χ1v) is 8.00. The largest absolute Gasteiger partial charge is 0.387 e. The molecule has 1 nitrogen and oxygen atoms in total. The molecule has 0 amide bonds. The molecule has 1 unspecified atom stereocenters. The van der Waals surface area contributed by atoms with Gasteiger partial charge in [0.05, 0.1) is 9.89 Å². The minimum atomic E-state index is -0.421. The van der Waals surface area contributed by atoms with E-state index in [9.17, 15) is 5.11 Å². The van der Waals surface area contributed by atoms with E-state index in [-0.39, 0.29) is 0 Å². The van der Waals surface area contributed by atoms with Gasteiger partial charge in [-0.3, -0.25) is 0 Å². The molecule has 1 atom stereocenters. The van der Waals surface area contributed by atoms with Gasteiger partial charge in [0.1, 0.15) is 0 Å².